The van der Waals surface area contributed by atoms with Crippen molar-refractivity contribution in [3.8, 4) is 11.6 Å². The fourth-order valence-corrected chi connectivity index (χ4v) is 2.02. The standard InChI is InChI=1S/C13H19N3O2/c1-9(2)6-10(8-14)7-12-15-13(16-18-12)11-4-3-5-17-11/h3-5,9-10H,6-8,14H2,1-2H3/t10-/m0/s1. The van der Waals surface area contributed by atoms with Gasteiger partial charge in [-0.05, 0) is 36.9 Å². The van der Waals surface area contributed by atoms with Gasteiger partial charge in [0.2, 0.25) is 11.7 Å². The van der Waals surface area contributed by atoms with Gasteiger partial charge in [0.1, 0.15) is 0 Å². The first kappa shape index (κ1) is 12.8. The molecule has 5 nitrogen and oxygen atoms in total. The summed E-state index contributed by atoms with van der Waals surface area (Å²) in [4.78, 5) is 4.32. The molecule has 0 spiro atoms. The number of aromatic nitrogens is 2. The van der Waals surface area contributed by atoms with Gasteiger partial charge in [0.25, 0.3) is 0 Å². The molecule has 0 amide bonds. The van der Waals surface area contributed by atoms with Gasteiger partial charge in [0, 0.05) is 6.42 Å². The second-order valence-corrected chi connectivity index (χ2v) is 4.92. The molecular formula is C13H19N3O2. The van der Waals surface area contributed by atoms with Gasteiger partial charge < -0.3 is 14.7 Å². The minimum atomic E-state index is 0.384. The van der Waals surface area contributed by atoms with Crippen LogP contribution in [0.15, 0.2) is 27.3 Å². The number of nitrogens with two attached hydrogens (primary N) is 1. The van der Waals surface area contributed by atoms with E-state index in [0.717, 1.165) is 12.8 Å². The van der Waals surface area contributed by atoms with Crippen LogP contribution in [0.2, 0.25) is 0 Å². The van der Waals surface area contributed by atoms with Gasteiger partial charge >= 0.3 is 0 Å². The summed E-state index contributed by atoms with van der Waals surface area (Å²) < 4.78 is 10.4. The fourth-order valence-electron chi connectivity index (χ4n) is 2.02. The summed E-state index contributed by atoms with van der Waals surface area (Å²) in [7, 11) is 0. The smallest absolute Gasteiger partial charge is 0.238 e. The highest BCUT2D eigenvalue weighted by Gasteiger charge is 2.16. The van der Waals surface area contributed by atoms with Crippen LogP contribution in [0.3, 0.4) is 0 Å². The first-order valence-corrected chi connectivity index (χ1v) is 6.25. The highest BCUT2D eigenvalue weighted by molar-refractivity contribution is 5.44. The van der Waals surface area contributed by atoms with E-state index in [9.17, 15) is 0 Å². The van der Waals surface area contributed by atoms with Crippen molar-refractivity contribution in [3.63, 3.8) is 0 Å². The van der Waals surface area contributed by atoms with Crippen molar-refractivity contribution in [2.45, 2.75) is 26.7 Å². The molecule has 0 saturated heterocycles. The van der Waals surface area contributed by atoms with E-state index >= 15 is 0 Å². The van der Waals surface area contributed by atoms with Crippen molar-refractivity contribution in [2.24, 2.45) is 17.6 Å². The van der Waals surface area contributed by atoms with E-state index in [1.807, 2.05) is 6.07 Å². The summed E-state index contributed by atoms with van der Waals surface area (Å²) in [5.74, 6) is 2.74. The molecule has 2 rings (SSSR count). The zero-order chi connectivity index (χ0) is 13.0. The summed E-state index contributed by atoms with van der Waals surface area (Å²) in [5, 5.41) is 3.90. The van der Waals surface area contributed by atoms with Gasteiger partial charge in [-0.25, -0.2) is 0 Å². The first-order valence-electron chi connectivity index (χ1n) is 6.25. The van der Waals surface area contributed by atoms with Crippen molar-refractivity contribution in [2.75, 3.05) is 6.54 Å². The minimum Gasteiger partial charge on any atom is -0.461 e. The SMILES string of the molecule is CC(C)C[C@H](CN)Cc1nc(-c2ccco2)no1. The maximum Gasteiger partial charge on any atom is 0.238 e. The maximum atomic E-state index is 5.76. The molecule has 0 saturated carbocycles. The fraction of sp³-hybridized carbons (Fsp3) is 0.538. The molecule has 0 aromatic carbocycles. The molecule has 1 atom stereocenters. The van der Waals surface area contributed by atoms with Crippen LogP contribution in [-0.4, -0.2) is 16.7 Å². The molecule has 0 bridgehead atoms. The molecule has 2 aromatic rings. The van der Waals surface area contributed by atoms with Crippen LogP contribution in [0.25, 0.3) is 11.6 Å². The third-order valence-electron chi connectivity index (χ3n) is 2.81. The third kappa shape index (κ3) is 3.20. The summed E-state index contributed by atoms with van der Waals surface area (Å²) in [6, 6.07) is 3.61. The molecule has 5 heteroatoms. The van der Waals surface area contributed by atoms with Gasteiger partial charge in [-0.15, -0.1) is 0 Å². The average molecular weight is 249 g/mol. The van der Waals surface area contributed by atoms with E-state index < -0.39 is 0 Å². The lowest BCUT2D eigenvalue weighted by Gasteiger charge is -2.14. The van der Waals surface area contributed by atoms with Crippen LogP contribution in [0.4, 0.5) is 0 Å². The molecule has 2 heterocycles. The highest BCUT2D eigenvalue weighted by atomic mass is 16.5. The quantitative estimate of drug-likeness (QED) is 0.851. The first-order chi connectivity index (χ1) is 8.69. The summed E-state index contributed by atoms with van der Waals surface area (Å²) in [6.45, 7) is 5.01. The van der Waals surface area contributed by atoms with Gasteiger partial charge in [0.05, 0.1) is 6.26 Å². The second-order valence-electron chi connectivity index (χ2n) is 4.92. The van der Waals surface area contributed by atoms with Gasteiger partial charge in [-0.3, -0.25) is 0 Å². The van der Waals surface area contributed by atoms with Crippen LogP contribution >= 0.6 is 0 Å². The Kier molecular flexibility index (Phi) is 4.15. The third-order valence-corrected chi connectivity index (χ3v) is 2.81. The average Bonchev–Trinajstić information content (AvgIpc) is 2.97. The van der Waals surface area contributed by atoms with Crippen molar-refractivity contribution >= 4 is 0 Å². The second kappa shape index (κ2) is 5.82. The van der Waals surface area contributed by atoms with Gasteiger partial charge in [0.15, 0.2) is 5.76 Å². The summed E-state index contributed by atoms with van der Waals surface area (Å²) in [6.07, 6.45) is 3.38. The molecule has 98 valence electrons. The minimum absolute atomic E-state index is 0.384. The summed E-state index contributed by atoms with van der Waals surface area (Å²) in [5.41, 5.74) is 5.76. The number of hydrogen-bond donors (Lipinski definition) is 1. The number of hydrogen-bond acceptors (Lipinski definition) is 5. The Morgan fingerprint density at radius 1 is 1.39 bits per heavy atom. The molecule has 0 radical (unpaired) electrons. The van der Waals surface area contributed by atoms with E-state index in [-0.39, 0.29) is 0 Å². The largest absolute Gasteiger partial charge is 0.461 e. The van der Waals surface area contributed by atoms with E-state index in [0.29, 0.717) is 35.9 Å². The van der Waals surface area contributed by atoms with Crippen molar-refractivity contribution in [1.82, 2.24) is 10.1 Å². The lowest BCUT2D eigenvalue weighted by atomic mass is 9.94. The molecule has 2 aromatic heterocycles. The van der Waals surface area contributed by atoms with Crippen molar-refractivity contribution in [1.29, 1.82) is 0 Å². The van der Waals surface area contributed by atoms with Crippen molar-refractivity contribution in [3.05, 3.63) is 24.3 Å². The summed E-state index contributed by atoms with van der Waals surface area (Å²) >= 11 is 0. The van der Waals surface area contributed by atoms with Crippen LogP contribution < -0.4 is 5.73 Å². The Balaban J connectivity index is 2.01. The predicted octanol–water partition coefficient (Wildman–Crippen LogP) is 2.49. The van der Waals surface area contributed by atoms with Crippen LogP contribution in [-0.2, 0) is 6.42 Å². The van der Waals surface area contributed by atoms with Gasteiger partial charge in [-0.2, -0.15) is 4.98 Å². The van der Waals surface area contributed by atoms with Gasteiger partial charge in [-0.1, -0.05) is 19.0 Å². The topological polar surface area (TPSA) is 78.1 Å². The highest BCUT2D eigenvalue weighted by Crippen LogP contribution is 2.19. The Hall–Kier alpha value is -1.62. The Morgan fingerprint density at radius 2 is 2.22 bits per heavy atom. The number of nitrogens with zero attached hydrogens (tertiary/aromatic N) is 2. The van der Waals surface area contributed by atoms with Crippen LogP contribution in [0.5, 0.6) is 0 Å². The lowest BCUT2D eigenvalue weighted by Crippen LogP contribution is -2.19. The zero-order valence-corrected chi connectivity index (χ0v) is 10.8. The molecule has 18 heavy (non-hydrogen) atoms. The Bertz CT molecular complexity index is 462. The number of rotatable bonds is 6. The molecule has 0 aliphatic heterocycles. The molecule has 0 fully saturated rings. The lowest BCUT2D eigenvalue weighted by molar-refractivity contribution is 0.331. The van der Waals surface area contributed by atoms with Crippen LogP contribution in [0, 0.1) is 11.8 Å². The van der Waals surface area contributed by atoms with E-state index in [4.69, 9.17) is 14.7 Å². The molecular weight excluding hydrogens is 230 g/mol. The number of furan rings is 1. The maximum absolute atomic E-state index is 5.76. The predicted molar refractivity (Wildman–Crippen MR) is 67.7 cm³/mol. The molecule has 0 aliphatic rings. The Morgan fingerprint density at radius 3 is 2.83 bits per heavy atom. The normalized spacial score (nSPS) is 13.1. The molecule has 0 unspecified atom stereocenters. The van der Waals surface area contributed by atoms with E-state index in [2.05, 4.69) is 24.0 Å². The Labute approximate surface area is 106 Å². The molecule has 2 N–H and O–H groups in total. The van der Waals surface area contributed by atoms with Crippen LogP contribution in [0.1, 0.15) is 26.2 Å². The molecule has 0 aliphatic carbocycles. The zero-order valence-electron chi connectivity index (χ0n) is 10.8. The monoisotopic (exact) mass is 249 g/mol. The van der Waals surface area contributed by atoms with E-state index in [1.165, 1.54) is 0 Å². The van der Waals surface area contributed by atoms with Crippen molar-refractivity contribution < 1.29 is 8.94 Å². The van der Waals surface area contributed by atoms with E-state index in [1.54, 1.807) is 12.3 Å².